The monoisotopic (exact) mass is 424 g/mol. The van der Waals surface area contributed by atoms with Gasteiger partial charge in [-0.3, -0.25) is 0 Å². The molecule has 0 bridgehead atoms. The molecule has 4 aromatic rings. The van der Waals surface area contributed by atoms with Crippen molar-refractivity contribution in [3.05, 3.63) is 133 Å². The predicted molar refractivity (Wildman–Crippen MR) is 137 cm³/mol. The molecule has 33 heavy (non-hydrogen) atoms. The largest absolute Gasteiger partial charge is 0.364 e. The smallest absolute Gasteiger partial charge is 0.0937 e. The first-order valence-electron chi connectivity index (χ1n) is 11.8. The second-order valence-corrected chi connectivity index (χ2v) is 9.17. The molecular formula is C32H24O. The predicted octanol–water partition coefficient (Wildman–Crippen LogP) is 8.26. The zero-order valence-corrected chi connectivity index (χ0v) is 18.3. The molecule has 158 valence electrons. The van der Waals surface area contributed by atoms with Crippen LogP contribution < -0.4 is 0 Å². The zero-order chi connectivity index (χ0) is 21.8. The fraction of sp³-hybridized carbons (Fsp3) is 0.125. The maximum absolute atomic E-state index is 7.13. The fourth-order valence-corrected chi connectivity index (χ4v) is 5.81. The van der Waals surface area contributed by atoms with Crippen molar-refractivity contribution >= 4 is 21.5 Å². The van der Waals surface area contributed by atoms with Crippen LogP contribution in [0, 0.1) is 11.8 Å². The highest BCUT2D eigenvalue weighted by atomic mass is 16.5. The fourth-order valence-electron chi connectivity index (χ4n) is 5.81. The van der Waals surface area contributed by atoms with Crippen molar-refractivity contribution in [3.8, 4) is 11.1 Å². The highest BCUT2D eigenvalue weighted by Gasteiger charge is 2.37. The lowest BCUT2D eigenvalue weighted by molar-refractivity contribution is -0.0380. The van der Waals surface area contributed by atoms with Gasteiger partial charge in [0.05, 0.1) is 12.2 Å². The SMILES string of the molecule is C1=CC([C@@H]2O[C@H](C3C=CC=C3)c3ccc4ccccc4c3-c3c2ccc2ccccc32)C=C1. The Morgan fingerprint density at radius 1 is 0.455 bits per heavy atom. The van der Waals surface area contributed by atoms with Gasteiger partial charge in [0.1, 0.15) is 0 Å². The van der Waals surface area contributed by atoms with Crippen LogP contribution in [0.25, 0.3) is 32.7 Å². The summed E-state index contributed by atoms with van der Waals surface area (Å²) in [6.45, 7) is 0. The van der Waals surface area contributed by atoms with E-state index in [4.69, 9.17) is 4.74 Å². The summed E-state index contributed by atoms with van der Waals surface area (Å²) in [6.07, 6.45) is 17.6. The topological polar surface area (TPSA) is 9.23 Å². The molecule has 1 nitrogen and oxygen atoms in total. The maximum atomic E-state index is 7.13. The van der Waals surface area contributed by atoms with Crippen LogP contribution in [0.1, 0.15) is 23.3 Å². The van der Waals surface area contributed by atoms with E-state index in [-0.39, 0.29) is 24.0 Å². The highest BCUT2D eigenvalue weighted by molar-refractivity contribution is 6.08. The third-order valence-corrected chi connectivity index (χ3v) is 7.33. The zero-order valence-electron chi connectivity index (χ0n) is 18.3. The van der Waals surface area contributed by atoms with Crippen molar-refractivity contribution in [1.29, 1.82) is 0 Å². The van der Waals surface area contributed by atoms with Gasteiger partial charge in [-0.2, -0.15) is 0 Å². The molecule has 4 aromatic carbocycles. The van der Waals surface area contributed by atoms with Gasteiger partial charge in [0.2, 0.25) is 0 Å². The summed E-state index contributed by atoms with van der Waals surface area (Å²) in [4.78, 5) is 0. The van der Waals surface area contributed by atoms with Crippen LogP contribution in [0.5, 0.6) is 0 Å². The lowest BCUT2D eigenvalue weighted by Crippen LogP contribution is -2.18. The second-order valence-electron chi connectivity index (χ2n) is 9.17. The normalized spacial score (nSPS) is 21.7. The van der Waals surface area contributed by atoms with Crippen molar-refractivity contribution in [1.82, 2.24) is 0 Å². The van der Waals surface area contributed by atoms with Crippen LogP contribution in [0.3, 0.4) is 0 Å². The van der Waals surface area contributed by atoms with Gasteiger partial charge in [0.25, 0.3) is 0 Å². The van der Waals surface area contributed by atoms with E-state index in [0.29, 0.717) is 0 Å². The van der Waals surface area contributed by atoms with Gasteiger partial charge >= 0.3 is 0 Å². The number of ether oxygens (including phenoxy) is 1. The number of rotatable bonds is 2. The molecule has 0 amide bonds. The minimum Gasteiger partial charge on any atom is -0.364 e. The highest BCUT2D eigenvalue weighted by Crippen LogP contribution is 2.52. The molecule has 7 rings (SSSR count). The van der Waals surface area contributed by atoms with Crippen LogP contribution in [0.15, 0.2) is 121 Å². The molecule has 0 aromatic heterocycles. The summed E-state index contributed by atoms with van der Waals surface area (Å²) >= 11 is 0. The molecule has 2 atom stereocenters. The number of hydrogen-bond acceptors (Lipinski definition) is 1. The Balaban J connectivity index is 1.62. The van der Waals surface area contributed by atoms with Gasteiger partial charge in [-0.15, -0.1) is 0 Å². The molecule has 1 heterocycles. The number of hydrogen-bond donors (Lipinski definition) is 0. The van der Waals surface area contributed by atoms with E-state index in [1.54, 1.807) is 0 Å². The summed E-state index contributed by atoms with van der Waals surface area (Å²) in [7, 11) is 0. The minimum absolute atomic E-state index is 0.0434. The van der Waals surface area contributed by atoms with E-state index < -0.39 is 0 Å². The Labute approximate surface area is 194 Å². The Morgan fingerprint density at radius 2 is 0.879 bits per heavy atom. The first-order valence-corrected chi connectivity index (χ1v) is 11.8. The van der Waals surface area contributed by atoms with Gasteiger partial charge in [-0.05, 0) is 43.8 Å². The first-order chi connectivity index (χ1) is 16.4. The summed E-state index contributed by atoms with van der Waals surface area (Å²) < 4.78 is 7.13. The third kappa shape index (κ3) is 2.90. The van der Waals surface area contributed by atoms with Gasteiger partial charge in [0, 0.05) is 11.8 Å². The van der Waals surface area contributed by atoms with Gasteiger partial charge < -0.3 is 4.74 Å². The molecule has 0 radical (unpaired) electrons. The average molecular weight is 425 g/mol. The van der Waals surface area contributed by atoms with E-state index >= 15 is 0 Å². The van der Waals surface area contributed by atoms with Crippen LogP contribution in [0.4, 0.5) is 0 Å². The molecule has 0 fully saturated rings. The summed E-state index contributed by atoms with van der Waals surface area (Å²) in [5, 5.41) is 5.13. The van der Waals surface area contributed by atoms with E-state index in [2.05, 4.69) is 121 Å². The summed E-state index contributed by atoms with van der Waals surface area (Å²) in [5.74, 6) is 0.449. The average Bonchev–Trinajstić information content (AvgIpc) is 3.57. The summed E-state index contributed by atoms with van der Waals surface area (Å²) in [5.41, 5.74) is 5.21. The lowest BCUT2D eigenvalue weighted by atomic mass is 9.82. The van der Waals surface area contributed by atoms with Crippen LogP contribution >= 0.6 is 0 Å². The first kappa shape index (κ1) is 18.8. The molecule has 0 saturated heterocycles. The molecule has 0 unspecified atom stereocenters. The van der Waals surface area contributed by atoms with Crippen molar-refractivity contribution in [2.24, 2.45) is 11.8 Å². The molecule has 2 aliphatic carbocycles. The Morgan fingerprint density at radius 3 is 1.33 bits per heavy atom. The van der Waals surface area contributed by atoms with Gasteiger partial charge in [-0.1, -0.05) is 121 Å². The molecule has 0 N–H and O–H groups in total. The van der Waals surface area contributed by atoms with E-state index in [1.807, 2.05) is 0 Å². The maximum Gasteiger partial charge on any atom is 0.0937 e. The number of benzene rings is 4. The Bertz CT molecular complexity index is 1380. The second kappa shape index (κ2) is 7.43. The van der Waals surface area contributed by atoms with Crippen LogP contribution in [-0.4, -0.2) is 0 Å². The van der Waals surface area contributed by atoms with E-state index in [1.165, 1.54) is 43.8 Å². The standard InChI is InChI=1S/C32H24O/c1-2-12-23(11-1)31-27-19-17-21-9-5-7-15-25(21)29(27)30-26-16-8-6-10-22(26)18-20-28(30)32(33-31)24-13-3-4-14-24/h1-20,23-24,31-32H/t31-,32+. The van der Waals surface area contributed by atoms with Crippen molar-refractivity contribution in [3.63, 3.8) is 0 Å². The summed E-state index contributed by atoms with van der Waals surface area (Å²) in [6, 6.07) is 26.7. The number of allylic oxidation sites excluding steroid dienone is 4. The van der Waals surface area contributed by atoms with Gasteiger partial charge in [-0.25, -0.2) is 0 Å². The van der Waals surface area contributed by atoms with Crippen molar-refractivity contribution < 1.29 is 4.74 Å². The molecule has 0 saturated carbocycles. The molecule has 1 heteroatoms. The molecular weight excluding hydrogens is 400 g/mol. The van der Waals surface area contributed by atoms with E-state index in [0.717, 1.165) is 0 Å². The van der Waals surface area contributed by atoms with Crippen molar-refractivity contribution in [2.75, 3.05) is 0 Å². The molecule has 3 aliphatic rings. The lowest BCUT2D eigenvalue weighted by Gasteiger charge is -2.29. The third-order valence-electron chi connectivity index (χ3n) is 7.33. The van der Waals surface area contributed by atoms with Crippen LogP contribution in [0.2, 0.25) is 0 Å². The minimum atomic E-state index is -0.0434. The van der Waals surface area contributed by atoms with E-state index in [9.17, 15) is 0 Å². The van der Waals surface area contributed by atoms with Crippen LogP contribution in [-0.2, 0) is 4.74 Å². The number of fused-ring (bicyclic) bond motifs is 7. The van der Waals surface area contributed by atoms with Gasteiger partial charge in [0.15, 0.2) is 0 Å². The Hall–Kier alpha value is -3.68. The quantitative estimate of drug-likeness (QED) is 0.315. The molecule has 1 aliphatic heterocycles. The van der Waals surface area contributed by atoms with Crippen molar-refractivity contribution in [2.45, 2.75) is 12.2 Å². The Kier molecular flexibility index (Phi) is 4.25. The molecule has 0 spiro atoms.